The average Bonchev–Trinajstić information content (AvgIpc) is 2.63. The summed E-state index contributed by atoms with van der Waals surface area (Å²) in [4.78, 5) is 39.0. The largest absolute Gasteiger partial charge is 0.353 e. The smallest absolute Gasteiger partial charge is 0.227 e. The third-order valence-electron chi connectivity index (χ3n) is 5.42. The lowest BCUT2D eigenvalue weighted by Gasteiger charge is -2.39. The number of hydrogen-bond acceptors (Lipinski definition) is 5. The molecule has 3 rings (SSSR count). The van der Waals surface area contributed by atoms with Crippen LogP contribution in [0.15, 0.2) is 6.33 Å². The summed E-state index contributed by atoms with van der Waals surface area (Å²) in [6.07, 6.45) is 3.40. The van der Waals surface area contributed by atoms with Crippen molar-refractivity contribution in [2.75, 3.05) is 44.2 Å². The van der Waals surface area contributed by atoms with Gasteiger partial charge in [-0.2, -0.15) is 0 Å². The number of aromatic nitrogens is 2. The fourth-order valence-corrected chi connectivity index (χ4v) is 3.71. The van der Waals surface area contributed by atoms with Crippen molar-refractivity contribution in [3.05, 3.63) is 17.6 Å². The molecule has 0 N–H and O–H groups in total. The molecule has 2 saturated heterocycles. The molecule has 7 heteroatoms. The standard InChI is InChI=1S/C18H27N5O2/c1-13-14(2)19-12-20-17(13)21-7-9-22(10-8-21)18(25)16-5-4-6-23(11-16)15(3)24/h12,16H,4-11H2,1-3H3/t16-/m1/s1. The normalized spacial score (nSPS) is 21.4. The van der Waals surface area contributed by atoms with Crippen LogP contribution in [0.5, 0.6) is 0 Å². The zero-order valence-electron chi connectivity index (χ0n) is 15.4. The molecule has 0 unspecified atom stereocenters. The van der Waals surface area contributed by atoms with Crippen molar-refractivity contribution in [2.45, 2.75) is 33.6 Å². The van der Waals surface area contributed by atoms with Gasteiger partial charge in [0.2, 0.25) is 11.8 Å². The van der Waals surface area contributed by atoms with Gasteiger partial charge in [0.15, 0.2) is 0 Å². The van der Waals surface area contributed by atoms with Gasteiger partial charge in [-0.15, -0.1) is 0 Å². The molecular formula is C18H27N5O2. The van der Waals surface area contributed by atoms with E-state index in [1.165, 1.54) is 0 Å². The Morgan fingerprint density at radius 2 is 1.76 bits per heavy atom. The third-order valence-corrected chi connectivity index (χ3v) is 5.42. The van der Waals surface area contributed by atoms with Crippen LogP contribution in [-0.4, -0.2) is 70.9 Å². The highest BCUT2D eigenvalue weighted by atomic mass is 16.2. The zero-order chi connectivity index (χ0) is 18.0. The first-order valence-corrected chi connectivity index (χ1v) is 9.05. The zero-order valence-corrected chi connectivity index (χ0v) is 15.4. The van der Waals surface area contributed by atoms with Gasteiger partial charge < -0.3 is 14.7 Å². The molecule has 0 aromatic carbocycles. The van der Waals surface area contributed by atoms with Crippen LogP contribution >= 0.6 is 0 Å². The number of carbonyl (C=O) groups is 2. The minimum atomic E-state index is -0.0489. The van der Waals surface area contributed by atoms with Crippen LogP contribution < -0.4 is 4.90 Å². The number of anilines is 1. The topological polar surface area (TPSA) is 69.6 Å². The summed E-state index contributed by atoms with van der Waals surface area (Å²) in [5.41, 5.74) is 2.10. The minimum Gasteiger partial charge on any atom is -0.353 e. The van der Waals surface area contributed by atoms with E-state index in [0.29, 0.717) is 19.6 Å². The van der Waals surface area contributed by atoms with E-state index in [-0.39, 0.29) is 17.7 Å². The van der Waals surface area contributed by atoms with E-state index in [0.717, 1.165) is 49.6 Å². The van der Waals surface area contributed by atoms with Crippen molar-refractivity contribution in [1.29, 1.82) is 0 Å². The molecule has 1 atom stereocenters. The number of piperidine rings is 1. The van der Waals surface area contributed by atoms with E-state index in [2.05, 4.69) is 14.9 Å². The van der Waals surface area contributed by atoms with Crippen molar-refractivity contribution in [3.8, 4) is 0 Å². The molecule has 2 fully saturated rings. The van der Waals surface area contributed by atoms with Crippen LogP contribution in [0.4, 0.5) is 5.82 Å². The van der Waals surface area contributed by atoms with Crippen LogP contribution in [0.1, 0.15) is 31.0 Å². The lowest BCUT2D eigenvalue weighted by Crippen LogP contribution is -2.53. The van der Waals surface area contributed by atoms with E-state index in [9.17, 15) is 9.59 Å². The van der Waals surface area contributed by atoms with Crippen molar-refractivity contribution in [2.24, 2.45) is 5.92 Å². The average molecular weight is 345 g/mol. The lowest BCUT2D eigenvalue weighted by atomic mass is 9.96. The second kappa shape index (κ2) is 7.37. The van der Waals surface area contributed by atoms with Gasteiger partial charge in [-0.05, 0) is 26.7 Å². The summed E-state index contributed by atoms with van der Waals surface area (Å²) in [7, 11) is 0. The van der Waals surface area contributed by atoms with Crippen LogP contribution in [-0.2, 0) is 9.59 Å². The fraction of sp³-hybridized carbons (Fsp3) is 0.667. The number of aryl methyl sites for hydroxylation is 1. The molecule has 2 aliphatic rings. The molecule has 0 saturated carbocycles. The van der Waals surface area contributed by atoms with Crippen LogP contribution in [0.25, 0.3) is 0 Å². The van der Waals surface area contributed by atoms with Gasteiger partial charge in [-0.1, -0.05) is 0 Å². The first-order valence-electron chi connectivity index (χ1n) is 9.05. The monoisotopic (exact) mass is 345 g/mol. The maximum absolute atomic E-state index is 12.8. The molecule has 0 bridgehead atoms. The summed E-state index contributed by atoms with van der Waals surface area (Å²) in [5, 5.41) is 0. The Morgan fingerprint density at radius 3 is 2.44 bits per heavy atom. The van der Waals surface area contributed by atoms with Gasteiger partial charge in [-0.25, -0.2) is 9.97 Å². The Labute approximate surface area is 149 Å². The van der Waals surface area contributed by atoms with Gasteiger partial charge in [0.25, 0.3) is 0 Å². The van der Waals surface area contributed by atoms with Crippen LogP contribution in [0.2, 0.25) is 0 Å². The fourth-order valence-electron chi connectivity index (χ4n) is 3.71. The van der Waals surface area contributed by atoms with Gasteiger partial charge in [0.05, 0.1) is 5.92 Å². The van der Waals surface area contributed by atoms with E-state index >= 15 is 0 Å². The van der Waals surface area contributed by atoms with Gasteiger partial charge in [-0.3, -0.25) is 9.59 Å². The highest BCUT2D eigenvalue weighted by Gasteiger charge is 2.32. The molecule has 7 nitrogen and oxygen atoms in total. The molecule has 3 heterocycles. The predicted molar refractivity (Wildman–Crippen MR) is 95.3 cm³/mol. The molecule has 1 aromatic rings. The molecule has 2 amide bonds. The highest BCUT2D eigenvalue weighted by Crippen LogP contribution is 2.22. The summed E-state index contributed by atoms with van der Waals surface area (Å²) in [5.74, 6) is 1.19. The summed E-state index contributed by atoms with van der Waals surface area (Å²) in [6, 6.07) is 0. The van der Waals surface area contributed by atoms with E-state index < -0.39 is 0 Å². The van der Waals surface area contributed by atoms with Crippen molar-refractivity contribution in [1.82, 2.24) is 19.8 Å². The third kappa shape index (κ3) is 3.75. The van der Waals surface area contributed by atoms with Crippen molar-refractivity contribution in [3.63, 3.8) is 0 Å². The number of carbonyl (C=O) groups excluding carboxylic acids is 2. The van der Waals surface area contributed by atoms with Crippen molar-refractivity contribution >= 4 is 17.6 Å². The highest BCUT2D eigenvalue weighted by molar-refractivity contribution is 5.81. The number of amides is 2. The SMILES string of the molecule is CC(=O)N1CCC[C@@H](C(=O)N2CCN(c3ncnc(C)c3C)CC2)C1. The second-order valence-corrected chi connectivity index (χ2v) is 7.02. The molecule has 0 spiro atoms. The first-order chi connectivity index (χ1) is 12.0. The first kappa shape index (κ1) is 17.6. The summed E-state index contributed by atoms with van der Waals surface area (Å²) < 4.78 is 0. The Bertz CT molecular complexity index is 655. The number of likely N-dealkylation sites (tertiary alicyclic amines) is 1. The van der Waals surface area contributed by atoms with Crippen LogP contribution in [0.3, 0.4) is 0 Å². The quantitative estimate of drug-likeness (QED) is 0.800. The summed E-state index contributed by atoms with van der Waals surface area (Å²) >= 11 is 0. The molecule has 2 aliphatic heterocycles. The maximum Gasteiger partial charge on any atom is 0.227 e. The molecule has 0 radical (unpaired) electrons. The number of rotatable bonds is 2. The van der Waals surface area contributed by atoms with Crippen LogP contribution in [0, 0.1) is 19.8 Å². The molecule has 136 valence electrons. The van der Waals surface area contributed by atoms with E-state index in [4.69, 9.17) is 0 Å². The predicted octanol–water partition coefficient (Wildman–Crippen LogP) is 1.00. The summed E-state index contributed by atoms with van der Waals surface area (Å²) in [6.45, 7) is 9.94. The number of nitrogens with zero attached hydrogens (tertiary/aromatic N) is 5. The maximum atomic E-state index is 12.8. The Kier molecular flexibility index (Phi) is 5.20. The minimum absolute atomic E-state index is 0.0489. The molecule has 25 heavy (non-hydrogen) atoms. The molecular weight excluding hydrogens is 318 g/mol. The molecule has 0 aliphatic carbocycles. The Hall–Kier alpha value is -2.18. The lowest BCUT2D eigenvalue weighted by molar-refractivity contribution is -0.140. The Morgan fingerprint density at radius 1 is 1.04 bits per heavy atom. The van der Waals surface area contributed by atoms with Gasteiger partial charge in [0, 0.05) is 57.4 Å². The van der Waals surface area contributed by atoms with E-state index in [1.54, 1.807) is 18.2 Å². The number of hydrogen-bond donors (Lipinski definition) is 0. The van der Waals surface area contributed by atoms with E-state index in [1.807, 2.05) is 18.7 Å². The van der Waals surface area contributed by atoms with Gasteiger partial charge >= 0.3 is 0 Å². The Balaban J connectivity index is 1.59. The molecule has 1 aromatic heterocycles. The second-order valence-electron chi connectivity index (χ2n) is 7.02. The van der Waals surface area contributed by atoms with Crippen molar-refractivity contribution < 1.29 is 9.59 Å². The van der Waals surface area contributed by atoms with Gasteiger partial charge in [0.1, 0.15) is 12.1 Å². The number of piperazine rings is 1.